The van der Waals surface area contributed by atoms with E-state index < -0.39 is 0 Å². The number of hydrogen-bond donors (Lipinski definition) is 2. The van der Waals surface area contributed by atoms with Crippen molar-refractivity contribution < 1.29 is 4.79 Å². The zero-order valence-electron chi connectivity index (χ0n) is 8.93. The first-order valence-electron chi connectivity index (χ1n) is 4.84. The van der Waals surface area contributed by atoms with Crippen molar-refractivity contribution in [3.8, 4) is 0 Å². The summed E-state index contributed by atoms with van der Waals surface area (Å²) in [7, 11) is 1.89. The fraction of sp³-hybridized carbons (Fsp3) is 0.364. The van der Waals surface area contributed by atoms with E-state index in [2.05, 4.69) is 10.6 Å². The summed E-state index contributed by atoms with van der Waals surface area (Å²) in [6, 6.07) is 5.63. The molecule has 1 aromatic rings. The summed E-state index contributed by atoms with van der Waals surface area (Å²) in [5.41, 5.74) is 1.77. The molecule has 0 saturated heterocycles. The van der Waals surface area contributed by atoms with Crippen LogP contribution in [0.3, 0.4) is 0 Å². The molecule has 0 unspecified atom stereocenters. The number of rotatable bonds is 4. The number of likely N-dealkylation sites (N-methyl/N-ethyl adjacent to an activating group) is 1. The Morgan fingerprint density at radius 3 is 2.80 bits per heavy atom. The Morgan fingerprint density at radius 2 is 2.20 bits per heavy atom. The quantitative estimate of drug-likeness (QED) is 0.825. The summed E-state index contributed by atoms with van der Waals surface area (Å²) >= 11 is 6.02. The first-order valence-corrected chi connectivity index (χ1v) is 5.22. The van der Waals surface area contributed by atoms with E-state index >= 15 is 0 Å². The fourth-order valence-corrected chi connectivity index (χ4v) is 1.59. The van der Waals surface area contributed by atoms with Gasteiger partial charge in [0, 0.05) is 6.92 Å². The molecule has 1 amide bonds. The number of para-hydroxylation sites is 1. The summed E-state index contributed by atoms with van der Waals surface area (Å²) in [5, 5.41) is 6.39. The first-order chi connectivity index (χ1) is 7.15. The molecule has 0 heterocycles. The van der Waals surface area contributed by atoms with Crippen molar-refractivity contribution in [1.82, 2.24) is 5.32 Å². The molecule has 15 heavy (non-hydrogen) atoms. The summed E-state index contributed by atoms with van der Waals surface area (Å²) < 4.78 is 0. The maximum absolute atomic E-state index is 11.0. The van der Waals surface area contributed by atoms with Gasteiger partial charge in [-0.15, -0.1) is 0 Å². The van der Waals surface area contributed by atoms with Crippen LogP contribution in [0, 0.1) is 0 Å². The van der Waals surface area contributed by atoms with E-state index in [4.69, 9.17) is 11.6 Å². The number of anilines is 1. The third-order valence-electron chi connectivity index (χ3n) is 2.05. The number of benzene rings is 1. The van der Waals surface area contributed by atoms with Gasteiger partial charge in [0.15, 0.2) is 0 Å². The Bertz CT molecular complexity index is 352. The van der Waals surface area contributed by atoms with Crippen LogP contribution < -0.4 is 10.6 Å². The topological polar surface area (TPSA) is 41.1 Å². The molecule has 0 spiro atoms. The van der Waals surface area contributed by atoms with Gasteiger partial charge in [-0.05, 0) is 31.6 Å². The van der Waals surface area contributed by atoms with Crippen molar-refractivity contribution in [2.45, 2.75) is 13.3 Å². The average Bonchev–Trinajstić information content (AvgIpc) is 2.18. The largest absolute Gasteiger partial charge is 0.325 e. The second-order valence-corrected chi connectivity index (χ2v) is 3.72. The van der Waals surface area contributed by atoms with E-state index in [1.165, 1.54) is 6.92 Å². The highest BCUT2D eigenvalue weighted by molar-refractivity contribution is 6.33. The van der Waals surface area contributed by atoms with Gasteiger partial charge < -0.3 is 10.6 Å². The van der Waals surface area contributed by atoms with Gasteiger partial charge >= 0.3 is 0 Å². The molecule has 0 aliphatic carbocycles. The zero-order chi connectivity index (χ0) is 11.3. The van der Waals surface area contributed by atoms with Gasteiger partial charge in [0.1, 0.15) is 0 Å². The molecule has 4 heteroatoms. The van der Waals surface area contributed by atoms with Crippen molar-refractivity contribution in [3.05, 3.63) is 28.8 Å². The monoisotopic (exact) mass is 226 g/mol. The highest BCUT2D eigenvalue weighted by Crippen LogP contribution is 2.26. The summed E-state index contributed by atoms with van der Waals surface area (Å²) in [4.78, 5) is 11.0. The average molecular weight is 227 g/mol. The van der Waals surface area contributed by atoms with Crippen LogP contribution in [0.1, 0.15) is 12.5 Å². The molecule has 0 aliphatic heterocycles. The van der Waals surface area contributed by atoms with Crippen molar-refractivity contribution in [1.29, 1.82) is 0 Å². The van der Waals surface area contributed by atoms with Crippen LogP contribution in [0.2, 0.25) is 5.02 Å². The van der Waals surface area contributed by atoms with Crippen LogP contribution in [-0.2, 0) is 11.2 Å². The van der Waals surface area contributed by atoms with Gasteiger partial charge in [0.2, 0.25) is 5.91 Å². The molecule has 0 saturated carbocycles. The minimum absolute atomic E-state index is 0.103. The highest BCUT2D eigenvalue weighted by Gasteiger charge is 2.07. The smallest absolute Gasteiger partial charge is 0.221 e. The van der Waals surface area contributed by atoms with E-state index in [0.717, 1.165) is 24.2 Å². The predicted octanol–water partition coefficient (Wildman–Crippen LogP) is 2.06. The Hall–Kier alpha value is -1.06. The Balaban J connectivity index is 2.92. The normalized spacial score (nSPS) is 10.1. The van der Waals surface area contributed by atoms with Crippen LogP contribution in [0.5, 0.6) is 0 Å². The van der Waals surface area contributed by atoms with E-state index in [-0.39, 0.29) is 5.91 Å². The summed E-state index contributed by atoms with van der Waals surface area (Å²) in [6.45, 7) is 2.33. The zero-order valence-corrected chi connectivity index (χ0v) is 9.69. The van der Waals surface area contributed by atoms with Crippen LogP contribution in [0.15, 0.2) is 18.2 Å². The maximum atomic E-state index is 11.0. The lowest BCUT2D eigenvalue weighted by atomic mass is 10.1. The molecular formula is C11H15ClN2O. The third kappa shape index (κ3) is 3.53. The van der Waals surface area contributed by atoms with Gasteiger partial charge in [-0.25, -0.2) is 0 Å². The lowest BCUT2D eigenvalue weighted by Crippen LogP contribution is -2.13. The molecule has 0 fully saturated rings. The van der Waals surface area contributed by atoms with Crippen molar-refractivity contribution in [3.63, 3.8) is 0 Å². The van der Waals surface area contributed by atoms with E-state index in [1.807, 2.05) is 19.2 Å². The summed E-state index contributed by atoms with van der Waals surface area (Å²) in [6.07, 6.45) is 0.840. The highest BCUT2D eigenvalue weighted by atomic mass is 35.5. The number of carbonyl (C=O) groups excluding carboxylic acids is 1. The Labute approximate surface area is 94.8 Å². The standard InChI is InChI=1S/C11H15ClN2O/c1-8(15)14-11-9(6-7-13-2)4-3-5-10(11)12/h3-5,13H,6-7H2,1-2H3,(H,14,15). The van der Waals surface area contributed by atoms with Gasteiger partial charge in [-0.2, -0.15) is 0 Å². The number of halogens is 1. The molecule has 0 aliphatic rings. The third-order valence-corrected chi connectivity index (χ3v) is 2.36. The first kappa shape index (κ1) is 12.0. The lowest BCUT2D eigenvalue weighted by Gasteiger charge is -2.11. The predicted molar refractivity (Wildman–Crippen MR) is 63.4 cm³/mol. The maximum Gasteiger partial charge on any atom is 0.221 e. The molecule has 1 aromatic carbocycles. The van der Waals surface area contributed by atoms with Crippen LogP contribution in [0.25, 0.3) is 0 Å². The number of amides is 1. The SMILES string of the molecule is CNCCc1cccc(Cl)c1NC(C)=O. The van der Waals surface area contributed by atoms with E-state index in [1.54, 1.807) is 6.07 Å². The van der Waals surface area contributed by atoms with Gasteiger partial charge in [-0.1, -0.05) is 23.7 Å². The van der Waals surface area contributed by atoms with Crippen LogP contribution in [-0.4, -0.2) is 19.5 Å². The molecular weight excluding hydrogens is 212 g/mol. The minimum Gasteiger partial charge on any atom is -0.325 e. The molecule has 82 valence electrons. The van der Waals surface area contributed by atoms with E-state index in [9.17, 15) is 4.79 Å². The van der Waals surface area contributed by atoms with Crippen molar-refractivity contribution in [2.24, 2.45) is 0 Å². The Morgan fingerprint density at radius 1 is 1.47 bits per heavy atom. The second-order valence-electron chi connectivity index (χ2n) is 3.31. The number of hydrogen-bond acceptors (Lipinski definition) is 2. The molecule has 3 nitrogen and oxygen atoms in total. The Kier molecular flexibility index (Phi) is 4.59. The fourth-order valence-electron chi connectivity index (χ4n) is 1.35. The van der Waals surface area contributed by atoms with Crippen LogP contribution >= 0.6 is 11.6 Å². The molecule has 2 N–H and O–H groups in total. The molecule has 0 atom stereocenters. The van der Waals surface area contributed by atoms with Gasteiger partial charge in [0.25, 0.3) is 0 Å². The van der Waals surface area contributed by atoms with Gasteiger partial charge in [-0.3, -0.25) is 4.79 Å². The lowest BCUT2D eigenvalue weighted by molar-refractivity contribution is -0.114. The van der Waals surface area contributed by atoms with E-state index in [0.29, 0.717) is 5.02 Å². The van der Waals surface area contributed by atoms with Crippen molar-refractivity contribution >= 4 is 23.2 Å². The number of carbonyl (C=O) groups is 1. The molecule has 0 radical (unpaired) electrons. The van der Waals surface area contributed by atoms with Crippen LogP contribution in [0.4, 0.5) is 5.69 Å². The van der Waals surface area contributed by atoms with Gasteiger partial charge in [0.05, 0.1) is 10.7 Å². The molecule has 0 aromatic heterocycles. The molecule has 1 rings (SSSR count). The molecule has 0 bridgehead atoms. The number of nitrogens with one attached hydrogen (secondary N) is 2. The van der Waals surface area contributed by atoms with Crippen molar-refractivity contribution in [2.75, 3.05) is 18.9 Å². The minimum atomic E-state index is -0.103. The second kappa shape index (κ2) is 5.73. The summed E-state index contributed by atoms with van der Waals surface area (Å²) in [5.74, 6) is -0.103.